The fourth-order valence-electron chi connectivity index (χ4n) is 4.59. The van der Waals surface area contributed by atoms with E-state index in [1.807, 2.05) is 18.2 Å². The molecule has 1 aliphatic carbocycles. The number of aliphatic hydroxyl groups excluding tert-OH is 3. The third kappa shape index (κ3) is 4.58. The van der Waals surface area contributed by atoms with E-state index < -0.39 is 24.5 Å². The molecule has 2 fully saturated rings. The Hall–Kier alpha value is -2.24. The molecule has 9 nitrogen and oxygen atoms in total. The van der Waals surface area contributed by atoms with Crippen molar-refractivity contribution < 1.29 is 20.1 Å². The van der Waals surface area contributed by atoms with Crippen molar-refractivity contribution in [1.82, 2.24) is 19.5 Å². The number of aromatic nitrogens is 4. The molecule has 1 aromatic carbocycles. The lowest BCUT2D eigenvalue weighted by Gasteiger charge is -2.25. The SMILES string of the molecule is OC[C@H]1O[C@@H](n2c(NC3CCCCC3)nc3c(SCc4ccccc4)ncnc32)[C@H](O)[C@@H]1O. The highest BCUT2D eigenvalue weighted by atomic mass is 32.2. The Labute approximate surface area is 196 Å². The molecule has 33 heavy (non-hydrogen) atoms. The lowest BCUT2D eigenvalue weighted by atomic mass is 9.96. The fraction of sp³-hybridized carbons (Fsp3) is 0.522. The summed E-state index contributed by atoms with van der Waals surface area (Å²) in [5, 5.41) is 34.9. The zero-order valence-electron chi connectivity index (χ0n) is 18.2. The topological polar surface area (TPSA) is 126 Å². The van der Waals surface area contributed by atoms with Crippen molar-refractivity contribution >= 4 is 28.9 Å². The maximum atomic E-state index is 10.7. The van der Waals surface area contributed by atoms with Gasteiger partial charge in [0.05, 0.1) is 6.61 Å². The van der Waals surface area contributed by atoms with Gasteiger partial charge in [-0.2, -0.15) is 0 Å². The molecule has 4 atom stereocenters. The quantitative estimate of drug-likeness (QED) is 0.304. The van der Waals surface area contributed by atoms with E-state index in [0.717, 1.165) is 36.5 Å². The molecule has 176 valence electrons. The first-order valence-corrected chi connectivity index (χ1v) is 12.4. The predicted molar refractivity (Wildman–Crippen MR) is 125 cm³/mol. The number of fused-ring (bicyclic) bond motifs is 1. The van der Waals surface area contributed by atoms with Gasteiger partial charge < -0.3 is 25.4 Å². The minimum Gasteiger partial charge on any atom is -0.394 e. The van der Waals surface area contributed by atoms with Crippen LogP contribution in [0, 0.1) is 0 Å². The predicted octanol–water partition coefficient (Wildman–Crippen LogP) is 2.47. The van der Waals surface area contributed by atoms with Crippen LogP contribution < -0.4 is 5.32 Å². The lowest BCUT2D eigenvalue weighted by molar-refractivity contribution is -0.0502. The second-order valence-corrected chi connectivity index (χ2v) is 9.60. The maximum absolute atomic E-state index is 10.7. The molecule has 3 heterocycles. The van der Waals surface area contributed by atoms with Gasteiger partial charge in [-0.3, -0.25) is 4.57 Å². The Morgan fingerprint density at radius 2 is 1.85 bits per heavy atom. The first-order valence-electron chi connectivity index (χ1n) is 11.4. The Morgan fingerprint density at radius 3 is 2.58 bits per heavy atom. The summed E-state index contributed by atoms with van der Waals surface area (Å²) in [5.41, 5.74) is 2.32. The summed E-state index contributed by atoms with van der Waals surface area (Å²) in [6, 6.07) is 10.4. The monoisotopic (exact) mass is 471 g/mol. The average Bonchev–Trinajstić information content (AvgIpc) is 3.35. The van der Waals surface area contributed by atoms with Crippen molar-refractivity contribution in [2.45, 2.75) is 73.5 Å². The summed E-state index contributed by atoms with van der Waals surface area (Å²) in [6.07, 6.45) is 2.90. The molecule has 2 aromatic heterocycles. The minimum absolute atomic E-state index is 0.264. The molecule has 4 N–H and O–H groups in total. The number of nitrogens with zero attached hydrogens (tertiary/aromatic N) is 4. The smallest absolute Gasteiger partial charge is 0.207 e. The van der Waals surface area contributed by atoms with E-state index in [2.05, 4.69) is 27.4 Å². The van der Waals surface area contributed by atoms with Gasteiger partial charge >= 0.3 is 0 Å². The number of imidazole rings is 1. The van der Waals surface area contributed by atoms with Gasteiger partial charge in [-0.05, 0) is 18.4 Å². The van der Waals surface area contributed by atoms with E-state index in [4.69, 9.17) is 9.72 Å². The van der Waals surface area contributed by atoms with Gasteiger partial charge in [0.2, 0.25) is 5.95 Å². The standard InChI is InChI=1S/C23H29N5O4S/c29-11-16-18(30)19(31)22(32-16)28-20-17(27-23(28)26-15-9-5-2-6-10-15)21(25-13-24-20)33-12-14-7-3-1-4-8-14/h1,3-4,7-8,13,15-16,18-19,22,29-31H,2,5-6,9-12H2,(H,26,27)/t16-,18-,19-,22-/m1/s1. The number of nitrogens with one attached hydrogen (secondary N) is 1. The molecule has 10 heteroatoms. The normalized spacial score (nSPS) is 26.2. The number of thioether (sulfide) groups is 1. The Bertz CT molecular complexity index is 1080. The van der Waals surface area contributed by atoms with E-state index in [1.165, 1.54) is 18.3 Å². The molecule has 0 spiro atoms. The van der Waals surface area contributed by atoms with Crippen molar-refractivity contribution in [2.75, 3.05) is 11.9 Å². The molecule has 5 rings (SSSR count). The minimum atomic E-state index is -1.22. The van der Waals surface area contributed by atoms with Crippen molar-refractivity contribution in [3.05, 3.63) is 42.2 Å². The molecule has 2 aliphatic rings. The van der Waals surface area contributed by atoms with Crippen LogP contribution in [0.1, 0.15) is 43.9 Å². The summed E-state index contributed by atoms with van der Waals surface area (Å²) >= 11 is 1.57. The highest BCUT2D eigenvalue weighted by Gasteiger charge is 2.45. The number of hydrogen-bond donors (Lipinski definition) is 4. The third-order valence-electron chi connectivity index (χ3n) is 6.37. The molecule has 0 bridgehead atoms. The Morgan fingerprint density at radius 1 is 1.06 bits per heavy atom. The fourth-order valence-corrected chi connectivity index (χ4v) is 5.48. The van der Waals surface area contributed by atoms with Crippen molar-refractivity contribution in [3.8, 4) is 0 Å². The number of ether oxygens (including phenoxy) is 1. The van der Waals surface area contributed by atoms with Crippen molar-refractivity contribution in [3.63, 3.8) is 0 Å². The zero-order chi connectivity index (χ0) is 22.8. The lowest BCUT2D eigenvalue weighted by Crippen LogP contribution is -2.33. The molecule has 0 unspecified atom stereocenters. The van der Waals surface area contributed by atoms with Crippen molar-refractivity contribution in [1.29, 1.82) is 0 Å². The largest absolute Gasteiger partial charge is 0.394 e. The van der Waals surface area contributed by atoms with Crippen LogP contribution in [-0.2, 0) is 10.5 Å². The van der Waals surface area contributed by atoms with Crippen LogP contribution in [0.15, 0.2) is 41.7 Å². The van der Waals surface area contributed by atoms with Gasteiger partial charge in [-0.25, -0.2) is 15.0 Å². The van der Waals surface area contributed by atoms with Gasteiger partial charge in [0, 0.05) is 11.8 Å². The summed E-state index contributed by atoms with van der Waals surface area (Å²) < 4.78 is 7.56. The molecular weight excluding hydrogens is 442 g/mol. The van der Waals surface area contributed by atoms with Crippen LogP contribution in [0.25, 0.3) is 11.2 Å². The number of anilines is 1. The van der Waals surface area contributed by atoms with E-state index >= 15 is 0 Å². The first-order chi connectivity index (χ1) is 16.2. The number of aliphatic hydroxyl groups is 3. The van der Waals surface area contributed by atoms with Crippen molar-refractivity contribution in [2.24, 2.45) is 0 Å². The van der Waals surface area contributed by atoms with Crippen LogP contribution in [0.3, 0.4) is 0 Å². The first kappa shape index (κ1) is 22.5. The maximum Gasteiger partial charge on any atom is 0.207 e. The highest BCUT2D eigenvalue weighted by Crippen LogP contribution is 2.37. The third-order valence-corrected chi connectivity index (χ3v) is 7.42. The zero-order valence-corrected chi connectivity index (χ0v) is 19.1. The molecule has 0 amide bonds. The molecular formula is C23H29N5O4S. The number of rotatable bonds is 7. The second kappa shape index (κ2) is 9.94. The highest BCUT2D eigenvalue weighted by molar-refractivity contribution is 7.98. The molecule has 1 saturated carbocycles. The van der Waals surface area contributed by atoms with E-state index in [0.29, 0.717) is 17.1 Å². The number of benzene rings is 1. The Kier molecular flexibility index (Phi) is 6.79. The molecule has 1 aliphatic heterocycles. The molecule has 0 radical (unpaired) electrons. The van der Waals surface area contributed by atoms with Gasteiger partial charge in [-0.15, -0.1) is 0 Å². The van der Waals surface area contributed by atoms with Crippen LogP contribution in [0.4, 0.5) is 5.95 Å². The van der Waals surface area contributed by atoms with Gasteiger partial charge in [0.15, 0.2) is 11.9 Å². The van der Waals surface area contributed by atoms with E-state index in [-0.39, 0.29) is 12.6 Å². The molecule has 1 saturated heterocycles. The summed E-state index contributed by atoms with van der Waals surface area (Å²) in [6.45, 7) is -0.389. The van der Waals surface area contributed by atoms with Gasteiger partial charge in [0.25, 0.3) is 0 Å². The second-order valence-electron chi connectivity index (χ2n) is 8.64. The van der Waals surface area contributed by atoms with Gasteiger partial charge in [-0.1, -0.05) is 61.4 Å². The van der Waals surface area contributed by atoms with E-state index in [1.54, 1.807) is 16.3 Å². The number of hydrogen-bond acceptors (Lipinski definition) is 9. The van der Waals surface area contributed by atoms with Crippen LogP contribution in [-0.4, -0.2) is 65.8 Å². The summed E-state index contributed by atoms with van der Waals surface area (Å²) in [7, 11) is 0. The van der Waals surface area contributed by atoms with Crippen LogP contribution >= 0.6 is 11.8 Å². The van der Waals surface area contributed by atoms with Crippen LogP contribution in [0.5, 0.6) is 0 Å². The summed E-state index contributed by atoms with van der Waals surface area (Å²) in [5.74, 6) is 1.27. The molecule has 3 aromatic rings. The summed E-state index contributed by atoms with van der Waals surface area (Å²) in [4.78, 5) is 13.8. The van der Waals surface area contributed by atoms with Crippen LogP contribution in [0.2, 0.25) is 0 Å². The van der Waals surface area contributed by atoms with Gasteiger partial charge in [0.1, 0.15) is 35.2 Å². The Balaban J connectivity index is 1.52. The van der Waals surface area contributed by atoms with E-state index in [9.17, 15) is 15.3 Å². The average molecular weight is 472 g/mol.